The van der Waals surface area contributed by atoms with E-state index in [9.17, 15) is 19.7 Å². The molecule has 0 saturated heterocycles. The van der Waals surface area contributed by atoms with Gasteiger partial charge in [0.1, 0.15) is 6.29 Å². The summed E-state index contributed by atoms with van der Waals surface area (Å²) in [7, 11) is 0. The number of aldehydes is 1. The van der Waals surface area contributed by atoms with Gasteiger partial charge >= 0.3 is 11.7 Å². The zero-order valence-corrected chi connectivity index (χ0v) is 8.21. The minimum Gasteiger partial charge on any atom is -0.419 e. The Balaban J connectivity index is 3.12. The van der Waals surface area contributed by atoms with Crippen LogP contribution >= 0.6 is 0 Å². The number of nitrogens with zero attached hydrogens (tertiary/aromatic N) is 1. The van der Waals surface area contributed by atoms with Gasteiger partial charge in [0.25, 0.3) is 0 Å². The summed E-state index contributed by atoms with van der Waals surface area (Å²) in [6.07, 6.45) is 0.340. The van der Waals surface area contributed by atoms with Crippen LogP contribution in [0.5, 0.6) is 5.75 Å². The summed E-state index contributed by atoms with van der Waals surface area (Å²) in [4.78, 5) is 31.3. The molecule has 0 aromatic heterocycles. The smallest absolute Gasteiger partial charge is 0.312 e. The van der Waals surface area contributed by atoms with E-state index in [4.69, 9.17) is 4.74 Å². The number of ether oxygens (including phenoxy) is 1. The van der Waals surface area contributed by atoms with E-state index >= 15 is 0 Å². The van der Waals surface area contributed by atoms with E-state index in [1.54, 1.807) is 0 Å². The first kappa shape index (κ1) is 11.8. The third-order valence-corrected chi connectivity index (χ3v) is 1.74. The molecule has 6 nitrogen and oxygen atoms in total. The maximum atomic E-state index is 10.9. The zero-order chi connectivity index (χ0) is 12.1. The van der Waals surface area contributed by atoms with Gasteiger partial charge in [0.05, 0.1) is 4.92 Å². The van der Waals surface area contributed by atoms with Crippen molar-refractivity contribution in [3.05, 3.63) is 40.8 Å². The third-order valence-electron chi connectivity index (χ3n) is 1.74. The van der Waals surface area contributed by atoms with Crippen LogP contribution in [-0.4, -0.2) is 17.2 Å². The van der Waals surface area contributed by atoms with Crippen molar-refractivity contribution in [3.8, 4) is 5.75 Å². The van der Waals surface area contributed by atoms with Crippen LogP contribution < -0.4 is 4.74 Å². The quantitative estimate of drug-likeness (QED) is 0.253. The zero-order valence-electron chi connectivity index (χ0n) is 8.21. The Kier molecular flexibility index (Phi) is 3.71. The predicted molar refractivity (Wildman–Crippen MR) is 54.1 cm³/mol. The molecule has 0 spiro atoms. The van der Waals surface area contributed by atoms with Gasteiger partial charge < -0.3 is 4.74 Å². The topological polar surface area (TPSA) is 86.5 Å². The summed E-state index contributed by atoms with van der Waals surface area (Å²) in [5, 5.41) is 10.6. The van der Waals surface area contributed by atoms with E-state index in [0.29, 0.717) is 6.29 Å². The van der Waals surface area contributed by atoms with Gasteiger partial charge in [-0.1, -0.05) is 0 Å². The number of carbonyl (C=O) groups is 2. The number of esters is 1. The average molecular weight is 222 g/mol. The molecule has 16 heavy (non-hydrogen) atoms. The molecule has 0 aliphatic rings. The largest absolute Gasteiger partial charge is 0.419 e. The van der Waals surface area contributed by atoms with Crippen LogP contribution in [0.3, 0.4) is 0 Å². The Hall–Kier alpha value is -2.24. The average Bonchev–Trinajstić information content (AvgIpc) is 2.29. The monoisotopic (exact) mass is 222 g/mol. The van der Waals surface area contributed by atoms with Gasteiger partial charge in [-0.2, -0.15) is 0 Å². The molecule has 1 rings (SSSR count). The lowest BCUT2D eigenvalue weighted by Gasteiger charge is -2.03. The summed E-state index contributed by atoms with van der Waals surface area (Å²) in [6.45, 7) is 3.29. The van der Waals surface area contributed by atoms with Crippen molar-refractivity contribution in [2.75, 3.05) is 0 Å². The molecule has 0 fully saturated rings. The summed E-state index contributed by atoms with van der Waals surface area (Å²) in [6, 6.07) is 3.57. The molecule has 0 amide bonds. The van der Waals surface area contributed by atoms with Crippen molar-refractivity contribution >= 4 is 17.9 Å². The minimum atomic E-state index is -0.724. The first-order valence-corrected chi connectivity index (χ1v) is 4.32. The first-order chi connectivity index (χ1) is 7.58. The molecular formula is C10H8NO5. The van der Waals surface area contributed by atoms with E-state index in [2.05, 4.69) is 6.92 Å². The molecule has 0 unspecified atom stereocenters. The highest BCUT2D eigenvalue weighted by Gasteiger charge is 2.17. The molecule has 1 aromatic rings. The second-order valence-electron chi connectivity index (χ2n) is 2.83. The van der Waals surface area contributed by atoms with Crippen molar-refractivity contribution in [3.63, 3.8) is 0 Å². The highest BCUT2D eigenvalue weighted by Crippen LogP contribution is 2.27. The fourth-order valence-electron chi connectivity index (χ4n) is 1.01. The van der Waals surface area contributed by atoms with Gasteiger partial charge in [-0.25, -0.2) is 0 Å². The molecule has 1 aromatic carbocycles. The molecule has 0 atom stereocenters. The lowest BCUT2D eigenvalue weighted by atomic mass is 10.2. The Morgan fingerprint density at radius 1 is 1.56 bits per heavy atom. The molecule has 0 bridgehead atoms. The van der Waals surface area contributed by atoms with E-state index in [1.807, 2.05) is 0 Å². The van der Waals surface area contributed by atoms with Crippen LogP contribution in [0.1, 0.15) is 16.8 Å². The fourth-order valence-corrected chi connectivity index (χ4v) is 1.01. The van der Waals surface area contributed by atoms with Gasteiger partial charge in [-0.15, -0.1) is 0 Å². The number of nitro benzene ring substituents is 1. The van der Waals surface area contributed by atoms with E-state index < -0.39 is 16.6 Å². The second-order valence-corrected chi connectivity index (χ2v) is 2.83. The maximum Gasteiger partial charge on any atom is 0.312 e. The van der Waals surface area contributed by atoms with Gasteiger partial charge in [0.15, 0.2) is 0 Å². The minimum absolute atomic E-state index is 0.132. The molecule has 0 N–H and O–H groups in total. The number of benzene rings is 1. The first-order valence-electron chi connectivity index (χ1n) is 4.32. The SMILES string of the molecule is [CH2]CC(=O)Oc1ccc(C=O)cc1[N+](=O)[O-]. The molecule has 0 heterocycles. The van der Waals surface area contributed by atoms with E-state index in [-0.39, 0.29) is 17.7 Å². The van der Waals surface area contributed by atoms with Crippen LogP contribution in [-0.2, 0) is 4.79 Å². The second kappa shape index (κ2) is 5.01. The highest BCUT2D eigenvalue weighted by molar-refractivity contribution is 5.79. The van der Waals surface area contributed by atoms with Crippen molar-refractivity contribution < 1.29 is 19.2 Å². The highest BCUT2D eigenvalue weighted by atomic mass is 16.6. The van der Waals surface area contributed by atoms with Crippen molar-refractivity contribution in [2.45, 2.75) is 6.42 Å². The normalized spacial score (nSPS) is 9.56. The van der Waals surface area contributed by atoms with Gasteiger partial charge in [-0.05, 0) is 19.1 Å². The maximum absolute atomic E-state index is 10.9. The van der Waals surface area contributed by atoms with Crippen LogP contribution in [0, 0.1) is 17.0 Å². The number of hydrogen-bond donors (Lipinski definition) is 0. The lowest BCUT2D eigenvalue weighted by Crippen LogP contribution is -2.07. The lowest BCUT2D eigenvalue weighted by molar-refractivity contribution is -0.385. The Labute approximate surface area is 91.0 Å². The molecule has 1 radical (unpaired) electrons. The molecule has 83 valence electrons. The summed E-state index contributed by atoms with van der Waals surface area (Å²) < 4.78 is 4.70. The summed E-state index contributed by atoms with van der Waals surface area (Å²) in [5.41, 5.74) is -0.285. The van der Waals surface area contributed by atoms with E-state index in [0.717, 1.165) is 6.07 Å². The number of carbonyl (C=O) groups excluding carboxylic acids is 2. The third kappa shape index (κ3) is 2.63. The number of hydrogen-bond acceptors (Lipinski definition) is 5. The Bertz CT molecular complexity index is 441. The predicted octanol–water partition coefficient (Wildman–Crippen LogP) is 1.54. The molecule has 0 saturated carbocycles. The Morgan fingerprint density at radius 2 is 2.25 bits per heavy atom. The van der Waals surface area contributed by atoms with Crippen LogP contribution in [0.25, 0.3) is 0 Å². The van der Waals surface area contributed by atoms with Crippen LogP contribution in [0.2, 0.25) is 0 Å². The molecule has 0 aliphatic heterocycles. The van der Waals surface area contributed by atoms with Crippen LogP contribution in [0.4, 0.5) is 5.69 Å². The molecule has 0 aliphatic carbocycles. The van der Waals surface area contributed by atoms with Crippen molar-refractivity contribution in [2.24, 2.45) is 0 Å². The summed E-state index contributed by atoms with van der Waals surface area (Å²) >= 11 is 0. The summed E-state index contributed by atoms with van der Waals surface area (Å²) in [5.74, 6) is -0.869. The Morgan fingerprint density at radius 3 is 2.75 bits per heavy atom. The number of nitro groups is 1. The standard InChI is InChI=1S/C10H8NO5/c1-2-10(13)16-9-4-3-7(6-12)5-8(9)11(14)15/h3-6H,1-2H2. The van der Waals surface area contributed by atoms with E-state index in [1.165, 1.54) is 12.1 Å². The van der Waals surface area contributed by atoms with Gasteiger partial charge in [-0.3, -0.25) is 19.7 Å². The van der Waals surface area contributed by atoms with Crippen LogP contribution in [0.15, 0.2) is 18.2 Å². The van der Waals surface area contributed by atoms with Gasteiger partial charge in [0.2, 0.25) is 5.75 Å². The van der Waals surface area contributed by atoms with Crippen molar-refractivity contribution in [1.82, 2.24) is 0 Å². The molecule has 6 heteroatoms. The molecular weight excluding hydrogens is 214 g/mol. The number of rotatable bonds is 4. The van der Waals surface area contributed by atoms with Gasteiger partial charge in [0, 0.05) is 18.1 Å². The van der Waals surface area contributed by atoms with Crippen molar-refractivity contribution in [1.29, 1.82) is 0 Å². The fraction of sp³-hybridized carbons (Fsp3) is 0.100.